The van der Waals surface area contributed by atoms with Gasteiger partial charge in [0.05, 0.1) is 11.7 Å². The Morgan fingerprint density at radius 1 is 0.828 bits per heavy atom. The second-order valence-corrected chi connectivity index (χ2v) is 8.50. The molecule has 0 fully saturated rings. The van der Waals surface area contributed by atoms with E-state index in [4.69, 9.17) is 0 Å². The molecular weight excluding hydrogens is 374 g/mol. The van der Waals surface area contributed by atoms with E-state index in [1.54, 1.807) is 11.3 Å². The average molecular weight is 400 g/mol. The summed E-state index contributed by atoms with van der Waals surface area (Å²) in [6, 6.07) is 25.3. The Hall–Kier alpha value is -2.82. The van der Waals surface area contributed by atoms with Crippen molar-refractivity contribution in [3.63, 3.8) is 0 Å². The van der Waals surface area contributed by atoms with Crippen molar-refractivity contribution in [2.75, 3.05) is 0 Å². The summed E-state index contributed by atoms with van der Waals surface area (Å²) in [5.74, 6) is 0.543. The summed E-state index contributed by atoms with van der Waals surface area (Å²) in [5.41, 5.74) is 4.76. The third-order valence-electron chi connectivity index (χ3n) is 4.97. The van der Waals surface area contributed by atoms with Gasteiger partial charge in [-0.25, -0.2) is 4.98 Å². The molecule has 29 heavy (non-hydrogen) atoms. The molecule has 0 spiro atoms. The summed E-state index contributed by atoms with van der Waals surface area (Å²) >= 11 is 1.74. The van der Waals surface area contributed by atoms with E-state index in [2.05, 4.69) is 83.7 Å². The van der Waals surface area contributed by atoms with Gasteiger partial charge in [-0.15, -0.1) is 11.3 Å². The van der Waals surface area contributed by atoms with E-state index < -0.39 is 0 Å². The molecule has 3 nitrogen and oxygen atoms in total. The first kappa shape index (κ1) is 19.5. The van der Waals surface area contributed by atoms with Crippen molar-refractivity contribution in [2.45, 2.75) is 32.4 Å². The molecule has 0 radical (unpaired) electrons. The van der Waals surface area contributed by atoms with Gasteiger partial charge >= 0.3 is 0 Å². The van der Waals surface area contributed by atoms with E-state index in [0.29, 0.717) is 5.92 Å². The summed E-state index contributed by atoms with van der Waals surface area (Å²) in [7, 11) is 0. The molecule has 0 aliphatic rings. The lowest BCUT2D eigenvalue weighted by Gasteiger charge is -2.18. The molecule has 0 amide bonds. The van der Waals surface area contributed by atoms with Crippen LogP contribution in [0.3, 0.4) is 0 Å². The summed E-state index contributed by atoms with van der Waals surface area (Å²) in [5, 5.41) is 4.73. The van der Waals surface area contributed by atoms with Crippen LogP contribution in [0.25, 0.3) is 10.6 Å². The Kier molecular flexibility index (Phi) is 6.13. The van der Waals surface area contributed by atoms with Crippen molar-refractivity contribution in [2.24, 2.45) is 0 Å². The van der Waals surface area contributed by atoms with Crippen molar-refractivity contribution in [3.05, 3.63) is 107 Å². The summed E-state index contributed by atoms with van der Waals surface area (Å²) < 4.78 is 0. The minimum Gasteiger partial charge on any atom is -0.300 e. The van der Waals surface area contributed by atoms with Crippen molar-refractivity contribution >= 4 is 11.3 Å². The lowest BCUT2D eigenvalue weighted by molar-refractivity contribution is 0.596. The zero-order valence-corrected chi connectivity index (χ0v) is 17.6. The van der Waals surface area contributed by atoms with E-state index in [1.165, 1.54) is 21.6 Å². The van der Waals surface area contributed by atoms with Crippen LogP contribution in [0.1, 0.15) is 47.5 Å². The molecule has 0 bridgehead atoms. The molecule has 2 aromatic heterocycles. The smallest absolute Gasteiger partial charge is 0.123 e. The van der Waals surface area contributed by atoms with Crippen LogP contribution in [0.2, 0.25) is 0 Å². The highest BCUT2D eigenvalue weighted by Crippen LogP contribution is 2.28. The maximum Gasteiger partial charge on any atom is 0.123 e. The highest BCUT2D eigenvalue weighted by atomic mass is 32.1. The monoisotopic (exact) mass is 399 g/mol. The topological polar surface area (TPSA) is 37.8 Å². The van der Waals surface area contributed by atoms with E-state index in [1.807, 2.05) is 30.6 Å². The summed E-state index contributed by atoms with van der Waals surface area (Å²) in [4.78, 5) is 10.4. The zero-order valence-electron chi connectivity index (χ0n) is 16.7. The van der Waals surface area contributed by atoms with E-state index in [-0.39, 0.29) is 6.04 Å². The standard InChI is InChI=1S/C25H25N3S/c1-18(2)19-11-13-21(14-12-19)25-28-17-22(29-25)16-27-24(20-8-4-3-5-9-20)23-10-6-7-15-26-23/h3-15,17-18,24,27H,16H2,1-2H3. The van der Waals surface area contributed by atoms with Crippen LogP contribution in [0.15, 0.2) is 85.2 Å². The number of aromatic nitrogens is 2. The normalized spacial score (nSPS) is 12.2. The quantitative estimate of drug-likeness (QED) is 0.401. The fraction of sp³-hybridized carbons (Fsp3) is 0.200. The Morgan fingerprint density at radius 3 is 2.28 bits per heavy atom. The van der Waals surface area contributed by atoms with Gasteiger partial charge in [0, 0.05) is 29.4 Å². The van der Waals surface area contributed by atoms with Crippen LogP contribution in [0.5, 0.6) is 0 Å². The lowest BCUT2D eigenvalue weighted by atomic mass is 10.0. The van der Waals surface area contributed by atoms with Crippen LogP contribution < -0.4 is 5.32 Å². The van der Waals surface area contributed by atoms with Gasteiger partial charge in [-0.3, -0.25) is 10.3 Å². The van der Waals surface area contributed by atoms with E-state index >= 15 is 0 Å². The molecule has 0 saturated heterocycles. The lowest BCUT2D eigenvalue weighted by Crippen LogP contribution is -2.22. The Balaban J connectivity index is 1.50. The highest BCUT2D eigenvalue weighted by molar-refractivity contribution is 7.15. The molecule has 1 N–H and O–H groups in total. The zero-order chi connectivity index (χ0) is 20.1. The predicted octanol–water partition coefficient (Wildman–Crippen LogP) is 6.21. The van der Waals surface area contributed by atoms with Crippen molar-refractivity contribution in [3.8, 4) is 10.6 Å². The molecular formula is C25H25N3S. The number of nitrogens with zero attached hydrogens (tertiary/aromatic N) is 2. The number of benzene rings is 2. The van der Waals surface area contributed by atoms with Crippen LogP contribution in [-0.2, 0) is 6.54 Å². The maximum absolute atomic E-state index is 4.65. The molecule has 1 atom stereocenters. The van der Waals surface area contributed by atoms with Crippen LogP contribution in [0.4, 0.5) is 0 Å². The van der Waals surface area contributed by atoms with Gasteiger partial charge in [-0.05, 0) is 29.2 Å². The molecule has 4 heteroatoms. The summed E-state index contributed by atoms with van der Waals surface area (Å²) in [6.45, 7) is 5.18. The summed E-state index contributed by atoms with van der Waals surface area (Å²) in [6.07, 6.45) is 3.82. The molecule has 0 aliphatic heterocycles. The predicted molar refractivity (Wildman–Crippen MR) is 121 cm³/mol. The number of nitrogens with one attached hydrogen (secondary N) is 1. The second-order valence-electron chi connectivity index (χ2n) is 7.39. The molecule has 4 rings (SSSR count). The van der Waals surface area contributed by atoms with Gasteiger partial charge < -0.3 is 0 Å². The Bertz CT molecular complexity index is 985. The number of rotatable bonds is 7. The molecule has 2 heterocycles. The number of hydrogen-bond donors (Lipinski definition) is 1. The van der Waals surface area contributed by atoms with E-state index in [0.717, 1.165) is 17.2 Å². The third-order valence-corrected chi connectivity index (χ3v) is 6.02. The Morgan fingerprint density at radius 2 is 1.59 bits per heavy atom. The van der Waals surface area contributed by atoms with Crippen LogP contribution >= 0.6 is 11.3 Å². The minimum atomic E-state index is 0.0493. The van der Waals surface area contributed by atoms with Crippen molar-refractivity contribution in [1.82, 2.24) is 15.3 Å². The van der Waals surface area contributed by atoms with Crippen molar-refractivity contribution in [1.29, 1.82) is 0 Å². The van der Waals surface area contributed by atoms with Crippen molar-refractivity contribution < 1.29 is 0 Å². The minimum absolute atomic E-state index is 0.0493. The molecule has 2 aromatic carbocycles. The molecule has 0 saturated carbocycles. The fourth-order valence-corrected chi connectivity index (χ4v) is 4.19. The van der Waals surface area contributed by atoms with Crippen LogP contribution in [-0.4, -0.2) is 9.97 Å². The van der Waals surface area contributed by atoms with Gasteiger partial charge in [-0.2, -0.15) is 0 Å². The van der Waals surface area contributed by atoms with Gasteiger partial charge in [0.15, 0.2) is 0 Å². The molecule has 1 unspecified atom stereocenters. The number of pyridine rings is 1. The SMILES string of the molecule is CC(C)c1ccc(-c2ncc(CNC(c3ccccc3)c3ccccn3)s2)cc1. The van der Waals surface area contributed by atoms with Gasteiger partial charge in [0.1, 0.15) is 5.01 Å². The average Bonchev–Trinajstić information content (AvgIpc) is 3.24. The first-order valence-corrected chi connectivity index (χ1v) is 10.8. The Labute approximate surface area is 176 Å². The first-order chi connectivity index (χ1) is 14.2. The van der Waals surface area contributed by atoms with Gasteiger partial charge in [-0.1, -0.05) is 74.5 Å². The number of hydrogen-bond acceptors (Lipinski definition) is 4. The molecule has 4 aromatic rings. The fourth-order valence-electron chi connectivity index (χ4n) is 3.32. The first-order valence-electron chi connectivity index (χ1n) is 9.95. The number of thiazole rings is 1. The van der Waals surface area contributed by atoms with Gasteiger partial charge in [0.2, 0.25) is 0 Å². The maximum atomic E-state index is 4.65. The largest absolute Gasteiger partial charge is 0.300 e. The molecule has 146 valence electrons. The van der Waals surface area contributed by atoms with Crippen LogP contribution in [0, 0.1) is 0 Å². The van der Waals surface area contributed by atoms with Gasteiger partial charge in [0.25, 0.3) is 0 Å². The molecule has 0 aliphatic carbocycles. The second kappa shape index (κ2) is 9.12. The third kappa shape index (κ3) is 4.78. The highest BCUT2D eigenvalue weighted by Gasteiger charge is 2.15. The van der Waals surface area contributed by atoms with E-state index in [9.17, 15) is 0 Å².